The number of aliphatic hydroxyl groups excluding tert-OH is 1. The van der Waals surface area contributed by atoms with E-state index in [0.29, 0.717) is 39.5 Å². The first-order valence-electron chi connectivity index (χ1n) is 11.1. The average molecular weight is 416 g/mol. The zero-order valence-corrected chi connectivity index (χ0v) is 17.8. The third kappa shape index (κ3) is 5.60. The molecule has 164 valence electrons. The Morgan fingerprint density at radius 1 is 1.23 bits per heavy atom. The number of nitrogens with zero attached hydrogens (tertiary/aromatic N) is 3. The smallest absolute Gasteiger partial charge is 0.232 e. The maximum atomic E-state index is 10.5. The van der Waals surface area contributed by atoms with Crippen LogP contribution in [0.15, 0.2) is 34.9 Å². The molecule has 0 spiro atoms. The van der Waals surface area contributed by atoms with E-state index in [4.69, 9.17) is 14.0 Å². The number of morpholine rings is 1. The summed E-state index contributed by atoms with van der Waals surface area (Å²) in [7, 11) is 0. The van der Waals surface area contributed by atoms with Crippen LogP contribution in [0.25, 0.3) is 11.3 Å². The summed E-state index contributed by atoms with van der Waals surface area (Å²) < 4.78 is 16.8. The molecule has 30 heavy (non-hydrogen) atoms. The number of ether oxygens (including phenoxy) is 2. The Bertz CT molecular complexity index is 772. The molecule has 0 radical (unpaired) electrons. The van der Waals surface area contributed by atoms with Crippen molar-refractivity contribution in [3.05, 3.63) is 35.9 Å². The highest BCUT2D eigenvalue weighted by atomic mass is 16.5. The molecule has 7 heteroatoms. The molecule has 1 saturated carbocycles. The highest BCUT2D eigenvalue weighted by Crippen LogP contribution is 2.35. The van der Waals surface area contributed by atoms with Crippen molar-refractivity contribution in [2.75, 3.05) is 57.5 Å². The summed E-state index contributed by atoms with van der Waals surface area (Å²) in [5.41, 5.74) is 3.03. The van der Waals surface area contributed by atoms with Crippen LogP contribution in [-0.4, -0.2) is 73.9 Å². The lowest BCUT2D eigenvalue weighted by atomic mass is 10.1. The molecular formula is C23H33N3O4. The Hall–Kier alpha value is -1.93. The van der Waals surface area contributed by atoms with E-state index < -0.39 is 6.10 Å². The SMILES string of the molecule is CCOCC(O)CN(Cc1c(-c2ccccc2)noc1N1CCOCC1)CC1CC1. The van der Waals surface area contributed by atoms with Crippen molar-refractivity contribution < 1.29 is 19.1 Å². The fraction of sp³-hybridized carbons (Fsp3) is 0.609. The Balaban J connectivity index is 1.59. The second-order valence-electron chi connectivity index (χ2n) is 8.23. The molecule has 4 rings (SSSR count). The molecule has 2 fully saturated rings. The zero-order valence-electron chi connectivity index (χ0n) is 17.8. The number of benzene rings is 1. The van der Waals surface area contributed by atoms with Crippen LogP contribution in [-0.2, 0) is 16.0 Å². The molecule has 1 aliphatic carbocycles. The minimum atomic E-state index is -0.504. The van der Waals surface area contributed by atoms with Crippen LogP contribution >= 0.6 is 0 Å². The lowest BCUT2D eigenvalue weighted by Gasteiger charge is -2.29. The first-order chi connectivity index (χ1) is 14.7. The third-order valence-electron chi connectivity index (χ3n) is 5.69. The van der Waals surface area contributed by atoms with Gasteiger partial charge >= 0.3 is 0 Å². The van der Waals surface area contributed by atoms with Crippen LogP contribution in [0.1, 0.15) is 25.3 Å². The highest BCUT2D eigenvalue weighted by molar-refractivity contribution is 5.68. The third-order valence-corrected chi connectivity index (χ3v) is 5.69. The molecule has 1 atom stereocenters. The van der Waals surface area contributed by atoms with Crippen molar-refractivity contribution in [1.29, 1.82) is 0 Å². The van der Waals surface area contributed by atoms with Gasteiger partial charge in [0.05, 0.1) is 31.5 Å². The molecule has 1 unspecified atom stereocenters. The van der Waals surface area contributed by atoms with Gasteiger partial charge in [0.2, 0.25) is 5.88 Å². The molecule has 0 amide bonds. The van der Waals surface area contributed by atoms with Gasteiger partial charge in [-0.15, -0.1) is 0 Å². The van der Waals surface area contributed by atoms with Crippen molar-refractivity contribution in [2.45, 2.75) is 32.4 Å². The van der Waals surface area contributed by atoms with Gasteiger partial charge in [-0.3, -0.25) is 4.90 Å². The van der Waals surface area contributed by atoms with E-state index in [2.05, 4.69) is 27.1 Å². The molecule has 7 nitrogen and oxygen atoms in total. The van der Waals surface area contributed by atoms with Crippen molar-refractivity contribution >= 4 is 5.88 Å². The summed E-state index contributed by atoms with van der Waals surface area (Å²) in [5, 5.41) is 15.0. The Labute approximate surface area is 178 Å². The molecule has 1 saturated heterocycles. The minimum Gasteiger partial charge on any atom is -0.389 e. The van der Waals surface area contributed by atoms with Crippen molar-refractivity contribution in [3.8, 4) is 11.3 Å². The molecule has 1 N–H and O–H groups in total. The lowest BCUT2D eigenvalue weighted by Crippen LogP contribution is -2.38. The maximum Gasteiger partial charge on any atom is 0.232 e. The molecule has 0 bridgehead atoms. The summed E-state index contributed by atoms with van der Waals surface area (Å²) in [5.74, 6) is 1.55. The van der Waals surface area contributed by atoms with E-state index in [1.54, 1.807) is 0 Å². The fourth-order valence-corrected chi connectivity index (χ4v) is 3.98. The second-order valence-corrected chi connectivity index (χ2v) is 8.23. The van der Waals surface area contributed by atoms with E-state index in [1.165, 1.54) is 12.8 Å². The molecular weight excluding hydrogens is 382 g/mol. The highest BCUT2D eigenvalue weighted by Gasteiger charge is 2.29. The Kier molecular flexibility index (Phi) is 7.38. The monoisotopic (exact) mass is 415 g/mol. The summed E-state index contributed by atoms with van der Waals surface area (Å²) in [4.78, 5) is 4.56. The average Bonchev–Trinajstić information content (AvgIpc) is 3.50. The van der Waals surface area contributed by atoms with Crippen LogP contribution in [0.5, 0.6) is 0 Å². The van der Waals surface area contributed by atoms with Gasteiger partial charge in [-0.1, -0.05) is 35.5 Å². The normalized spacial score (nSPS) is 18.2. The van der Waals surface area contributed by atoms with Gasteiger partial charge in [0.1, 0.15) is 5.69 Å². The molecule has 1 aromatic heterocycles. The second kappa shape index (κ2) is 10.4. The predicted molar refractivity (Wildman–Crippen MR) is 115 cm³/mol. The summed E-state index contributed by atoms with van der Waals surface area (Å²) >= 11 is 0. The van der Waals surface area contributed by atoms with Crippen molar-refractivity contribution in [1.82, 2.24) is 10.1 Å². The molecule has 2 heterocycles. The fourth-order valence-electron chi connectivity index (χ4n) is 3.98. The van der Waals surface area contributed by atoms with Gasteiger partial charge in [0.15, 0.2) is 0 Å². The molecule has 2 aromatic rings. The molecule has 1 aromatic carbocycles. The van der Waals surface area contributed by atoms with E-state index in [-0.39, 0.29) is 0 Å². The Morgan fingerprint density at radius 2 is 2.00 bits per heavy atom. The number of hydrogen-bond donors (Lipinski definition) is 1. The van der Waals surface area contributed by atoms with Gasteiger partial charge in [0.25, 0.3) is 0 Å². The summed E-state index contributed by atoms with van der Waals surface area (Å²) in [6, 6.07) is 10.2. The van der Waals surface area contributed by atoms with Gasteiger partial charge in [-0.05, 0) is 25.7 Å². The predicted octanol–water partition coefficient (Wildman–Crippen LogP) is 2.79. The standard InChI is InChI=1S/C23H33N3O4/c1-2-28-17-20(27)15-25(14-18-8-9-18)16-21-22(19-6-4-3-5-7-19)24-30-23(21)26-10-12-29-13-11-26/h3-7,18,20,27H,2,8-17H2,1H3. The maximum absolute atomic E-state index is 10.5. The largest absolute Gasteiger partial charge is 0.389 e. The van der Waals surface area contributed by atoms with Gasteiger partial charge in [0, 0.05) is 44.9 Å². The first-order valence-corrected chi connectivity index (χ1v) is 11.1. The Morgan fingerprint density at radius 3 is 2.70 bits per heavy atom. The topological polar surface area (TPSA) is 71.2 Å². The zero-order chi connectivity index (χ0) is 20.8. The number of rotatable bonds is 11. The first kappa shape index (κ1) is 21.3. The van der Waals surface area contributed by atoms with Gasteiger partial charge < -0.3 is 24.0 Å². The van der Waals surface area contributed by atoms with Crippen LogP contribution in [0.3, 0.4) is 0 Å². The van der Waals surface area contributed by atoms with Crippen LogP contribution in [0.4, 0.5) is 5.88 Å². The minimum absolute atomic E-state index is 0.364. The van der Waals surface area contributed by atoms with Gasteiger partial charge in [-0.2, -0.15) is 0 Å². The van der Waals surface area contributed by atoms with E-state index in [1.807, 2.05) is 25.1 Å². The van der Waals surface area contributed by atoms with Crippen molar-refractivity contribution in [3.63, 3.8) is 0 Å². The number of aliphatic hydroxyl groups is 1. The number of anilines is 1. The van der Waals surface area contributed by atoms with E-state index in [0.717, 1.165) is 48.3 Å². The van der Waals surface area contributed by atoms with E-state index >= 15 is 0 Å². The van der Waals surface area contributed by atoms with Crippen LogP contribution < -0.4 is 4.90 Å². The van der Waals surface area contributed by atoms with E-state index in [9.17, 15) is 5.11 Å². The van der Waals surface area contributed by atoms with Crippen LogP contribution in [0.2, 0.25) is 0 Å². The lowest BCUT2D eigenvalue weighted by molar-refractivity contribution is 0.0187. The summed E-state index contributed by atoms with van der Waals surface area (Å²) in [6.45, 7) is 8.17. The molecule has 2 aliphatic rings. The summed E-state index contributed by atoms with van der Waals surface area (Å²) in [6.07, 6.45) is 2.03. The van der Waals surface area contributed by atoms with Gasteiger partial charge in [-0.25, -0.2) is 0 Å². The van der Waals surface area contributed by atoms with Crippen LogP contribution in [0, 0.1) is 5.92 Å². The molecule has 1 aliphatic heterocycles. The number of hydrogen-bond acceptors (Lipinski definition) is 7. The number of aromatic nitrogens is 1. The van der Waals surface area contributed by atoms with Crippen molar-refractivity contribution in [2.24, 2.45) is 5.92 Å². The quantitative estimate of drug-likeness (QED) is 0.605.